The maximum atomic E-state index is 8.15. The van der Waals surface area contributed by atoms with E-state index in [1.54, 1.807) is 24.3 Å². The molecule has 0 atom stereocenters. The third-order valence-corrected chi connectivity index (χ3v) is 4.46. The van der Waals surface area contributed by atoms with Crippen LogP contribution in [-0.4, -0.2) is 11.2 Å². The molecule has 0 bridgehead atoms. The van der Waals surface area contributed by atoms with Gasteiger partial charge in [0.05, 0.1) is 8.32 Å². The summed E-state index contributed by atoms with van der Waals surface area (Å²) in [4.78, 5) is 4.11. The fourth-order valence-electron chi connectivity index (χ4n) is 2.94. The van der Waals surface area contributed by atoms with Gasteiger partial charge in [0.25, 0.3) is 0 Å². The molecular weight excluding hydrogens is 597 g/mol. The molecule has 0 fully saturated rings. The van der Waals surface area contributed by atoms with Crippen molar-refractivity contribution < 1.29 is 31.4 Å². The maximum absolute atomic E-state index is 8.15. The zero-order chi connectivity index (χ0) is 27.7. The summed E-state index contributed by atoms with van der Waals surface area (Å²) in [6.07, 6.45) is 6.82. The molecule has 5 rings (SSSR count). The largest absolute Gasteiger partial charge is 3.00 e. The van der Waals surface area contributed by atoms with Gasteiger partial charge in [-0.1, -0.05) is 66.5 Å². The Kier molecular flexibility index (Phi) is 8.08. The summed E-state index contributed by atoms with van der Waals surface area (Å²) in [5, 5.41) is 9.83. The summed E-state index contributed by atoms with van der Waals surface area (Å²) in [7, 11) is 0. The van der Waals surface area contributed by atoms with Crippen LogP contribution in [0.5, 0.6) is 0 Å². The number of nitrogens with zero attached hydrogens (tertiary/aromatic N) is 2. The van der Waals surface area contributed by atoms with E-state index in [0.717, 1.165) is 34.3 Å². The number of hydrogen-bond donors (Lipinski definition) is 0. The number of aryl methyl sites for hydroxylation is 2. The van der Waals surface area contributed by atoms with E-state index in [0.29, 0.717) is 11.1 Å². The van der Waals surface area contributed by atoms with Gasteiger partial charge in [-0.2, -0.15) is 42.6 Å². The summed E-state index contributed by atoms with van der Waals surface area (Å²) in [5.74, 6) is 0. The third kappa shape index (κ3) is 7.21. The van der Waals surface area contributed by atoms with E-state index in [-0.39, 0.29) is 43.4 Å². The predicted octanol–water partition coefficient (Wildman–Crippen LogP) is 7.92. The first-order valence-electron chi connectivity index (χ1n) is 12.7. The average Bonchev–Trinajstić information content (AvgIpc) is 3.29. The molecule has 0 saturated carbocycles. The smallest absolute Gasteiger partial charge is 0.811 e. The van der Waals surface area contributed by atoms with Gasteiger partial charge in [0.15, 0.2) is 0 Å². The predicted molar refractivity (Wildman–Crippen MR) is 139 cm³/mol. The Hall–Kier alpha value is -3.59. The van der Waals surface area contributed by atoms with Crippen molar-refractivity contribution >= 4 is 28.2 Å². The van der Waals surface area contributed by atoms with Crippen molar-refractivity contribution in [3.05, 3.63) is 132 Å². The molecule has 0 aliphatic heterocycles. The first kappa shape index (κ1) is 19.8. The van der Waals surface area contributed by atoms with E-state index in [9.17, 15) is 0 Å². The van der Waals surface area contributed by atoms with E-state index in [1.807, 2.05) is 55.5 Å². The van der Waals surface area contributed by atoms with Crippen molar-refractivity contribution in [1.82, 2.24) is 4.98 Å². The number of pyridine rings is 1. The molecule has 3 nitrogen and oxygen atoms in total. The molecule has 2 aromatic heterocycles. The van der Waals surface area contributed by atoms with Crippen molar-refractivity contribution in [3.63, 3.8) is 0 Å². The van der Waals surface area contributed by atoms with E-state index in [2.05, 4.69) is 23.7 Å². The van der Waals surface area contributed by atoms with E-state index in [1.165, 1.54) is 6.08 Å². The standard InChI is InChI=1S/C19H14NO.C6H5.C5H6N.Ir/c1-12-6-9-17(20-11-12)14-7-8-15-16-5-3-4-13(2)19(16)21-18(15)10-14;1-2-4-6-5-3-1;1-2-3-4-5-6;/h3-6,8-11H,1-2H3;1-5H;2-5H,1H2;/q3*-1;+3/b;;4-3-;/i1D3,6D,9D;;;. The molecule has 0 spiro atoms. The monoisotopic (exact) mass is 627 g/mol. The molecule has 34 heavy (non-hydrogen) atoms. The minimum atomic E-state index is -2.47. The van der Waals surface area contributed by atoms with Crippen LogP contribution < -0.4 is 0 Å². The number of hydrogen-bond acceptors (Lipinski definition) is 2. The van der Waals surface area contributed by atoms with E-state index in [4.69, 9.17) is 16.7 Å². The number of allylic oxidation sites excluding steroid dienone is 3. The minimum absolute atomic E-state index is 0. The summed E-state index contributed by atoms with van der Waals surface area (Å²) in [6, 6.07) is 24.4. The van der Waals surface area contributed by atoms with Crippen LogP contribution in [0.15, 0.2) is 108 Å². The molecule has 0 aliphatic rings. The normalized spacial score (nSPS) is 12.4. The van der Waals surface area contributed by atoms with Crippen LogP contribution in [0.3, 0.4) is 0 Å². The molecule has 0 radical (unpaired) electrons. The van der Waals surface area contributed by atoms with Crippen LogP contribution in [0.4, 0.5) is 0 Å². The fourth-order valence-corrected chi connectivity index (χ4v) is 2.94. The molecule has 2 heterocycles. The van der Waals surface area contributed by atoms with Crippen LogP contribution >= 0.6 is 0 Å². The average molecular weight is 627 g/mol. The Bertz CT molecular complexity index is 1540. The maximum Gasteiger partial charge on any atom is 3.00 e. The zero-order valence-electron chi connectivity index (χ0n) is 23.5. The van der Waals surface area contributed by atoms with Gasteiger partial charge in [-0.15, -0.1) is 17.7 Å². The first-order valence-corrected chi connectivity index (χ1v) is 10.2. The van der Waals surface area contributed by atoms with Crippen molar-refractivity contribution in [2.45, 2.75) is 13.8 Å². The summed E-state index contributed by atoms with van der Waals surface area (Å²) < 4.78 is 44.4. The third-order valence-electron chi connectivity index (χ3n) is 4.46. The van der Waals surface area contributed by atoms with Gasteiger partial charge < -0.3 is 14.8 Å². The zero-order valence-corrected chi connectivity index (χ0v) is 20.9. The van der Waals surface area contributed by atoms with Gasteiger partial charge in [0.2, 0.25) is 0 Å². The molecule has 170 valence electrons. The van der Waals surface area contributed by atoms with Crippen molar-refractivity contribution in [2.24, 2.45) is 0 Å². The van der Waals surface area contributed by atoms with Crippen molar-refractivity contribution in [1.29, 1.82) is 0 Å². The second-order valence-corrected chi connectivity index (χ2v) is 6.80. The van der Waals surface area contributed by atoms with Gasteiger partial charge >= 0.3 is 20.1 Å². The summed E-state index contributed by atoms with van der Waals surface area (Å²) >= 11 is 0. The van der Waals surface area contributed by atoms with Gasteiger partial charge in [-0.05, 0) is 36.0 Å². The Morgan fingerprint density at radius 1 is 1.12 bits per heavy atom. The van der Waals surface area contributed by atoms with Crippen molar-refractivity contribution in [3.8, 4) is 11.3 Å². The van der Waals surface area contributed by atoms with Crippen LogP contribution in [0.25, 0.3) is 38.6 Å². The Morgan fingerprint density at radius 3 is 2.56 bits per heavy atom. The Labute approximate surface area is 221 Å². The number of furan rings is 1. The molecule has 0 amide bonds. The Morgan fingerprint density at radius 2 is 1.94 bits per heavy atom. The van der Waals surface area contributed by atoms with Crippen LogP contribution in [-0.2, 0) is 20.1 Å². The molecule has 0 N–H and O–H groups in total. The Balaban J connectivity index is 0.000000342. The summed E-state index contributed by atoms with van der Waals surface area (Å²) in [6.45, 7) is 2.88. The fraction of sp³-hybridized carbons (Fsp3) is 0.0667. The molecule has 0 saturated heterocycles. The molecule has 0 aliphatic carbocycles. The topological polar surface area (TPSA) is 48.3 Å². The molecular formula is C30H25IrN2O. The number of benzene rings is 3. The SMILES string of the molecule is C=C/C=C\C=[N-].[2H]c1c(C([2H])([2H])[2H])cnc(-c2[c-]cc3c(c2)oc2c(C)cccc23)c1[2H].[Ir+3].[c-]1ccccc1. The molecule has 5 aromatic rings. The number of rotatable bonds is 3. The minimum Gasteiger partial charge on any atom is -0.811 e. The van der Waals surface area contributed by atoms with Crippen LogP contribution in [0, 0.1) is 25.9 Å². The molecule has 3 aromatic carbocycles. The van der Waals surface area contributed by atoms with Gasteiger partial charge in [0, 0.05) is 10.3 Å². The van der Waals surface area contributed by atoms with Gasteiger partial charge in [-0.3, -0.25) is 0 Å². The molecule has 4 heteroatoms. The second-order valence-electron chi connectivity index (χ2n) is 6.80. The number of para-hydroxylation sites is 1. The van der Waals surface area contributed by atoms with Crippen LogP contribution in [0.1, 0.15) is 18.0 Å². The van der Waals surface area contributed by atoms with Gasteiger partial charge in [0.1, 0.15) is 5.58 Å². The number of fused-ring (bicyclic) bond motifs is 3. The molecule has 0 unspecified atom stereocenters. The first-order chi connectivity index (χ1) is 18.2. The van der Waals surface area contributed by atoms with Crippen LogP contribution in [0.2, 0.25) is 0 Å². The van der Waals surface area contributed by atoms with E-state index >= 15 is 0 Å². The number of aromatic nitrogens is 1. The summed E-state index contributed by atoms with van der Waals surface area (Å²) in [5.41, 5.74) is 2.93. The quantitative estimate of drug-likeness (QED) is 0.116. The van der Waals surface area contributed by atoms with Crippen molar-refractivity contribution in [2.75, 3.05) is 0 Å². The van der Waals surface area contributed by atoms with E-state index < -0.39 is 6.85 Å². The second kappa shape index (κ2) is 13.8. The van der Waals surface area contributed by atoms with Gasteiger partial charge in [-0.25, -0.2) is 0 Å².